The number of hydrogen-bond acceptors (Lipinski definition) is 2. The molecule has 92 valence electrons. The quantitative estimate of drug-likeness (QED) is 0.764. The number of thioether (sulfide) groups is 1. The van der Waals surface area contributed by atoms with Crippen LogP contribution in [0.1, 0.15) is 12.5 Å². The fourth-order valence-electron chi connectivity index (χ4n) is 1.31. The summed E-state index contributed by atoms with van der Waals surface area (Å²) < 4.78 is 0. The molecule has 0 fully saturated rings. The van der Waals surface area contributed by atoms with Crippen molar-refractivity contribution >= 4 is 28.6 Å². The topological polar surface area (TPSA) is 20.3 Å². The predicted octanol–water partition coefficient (Wildman–Crippen LogP) is 4.20. The summed E-state index contributed by atoms with van der Waals surface area (Å²) in [5, 5.41) is 0.771. The fraction of sp³-hybridized carbons (Fsp3) is 0.308. The number of halogens is 1. The molecular formula is C13H16ClNOS. The third-order valence-electron chi connectivity index (χ3n) is 2.09. The Morgan fingerprint density at radius 1 is 1.41 bits per heavy atom. The van der Waals surface area contributed by atoms with E-state index < -0.39 is 0 Å². The fourth-order valence-corrected chi connectivity index (χ4v) is 2.20. The zero-order chi connectivity index (χ0) is 12.8. The SMILES string of the molecule is C=C(C)CN(C)C(=O)SCc1ccc(Cl)cc1. The molecule has 0 spiro atoms. The van der Waals surface area contributed by atoms with Crippen LogP contribution in [0.15, 0.2) is 36.4 Å². The summed E-state index contributed by atoms with van der Waals surface area (Å²) in [5.41, 5.74) is 2.07. The van der Waals surface area contributed by atoms with Crippen LogP contribution < -0.4 is 0 Å². The summed E-state index contributed by atoms with van der Waals surface area (Å²) >= 11 is 7.08. The van der Waals surface area contributed by atoms with Gasteiger partial charge >= 0.3 is 0 Å². The summed E-state index contributed by atoms with van der Waals surface area (Å²) in [7, 11) is 1.78. The van der Waals surface area contributed by atoms with Gasteiger partial charge < -0.3 is 4.90 Å². The van der Waals surface area contributed by atoms with Crippen LogP contribution in [0.4, 0.5) is 4.79 Å². The molecule has 1 aromatic rings. The van der Waals surface area contributed by atoms with E-state index in [1.807, 2.05) is 31.2 Å². The van der Waals surface area contributed by atoms with Crippen molar-refractivity contribution in [2.75, 3.05) is 13.6 Å². The molecule has 17 heavy (non-hydrogen) atoms. The molecule has 0 saturated heterocycles. The van der Waals surface area contributed by atoms with E-state index >= 15 is 0 Å². The van der Waals surface area contributed by atoms with Gasteiger partial charge in [-0.05, 0) is 24.6 Å². The first-order valence-corrected chi connectivity index (χ1v) is 6.62. The number of hydrogen-bond donors (Lipinski definition) is 0. The van der Waals surface area contributed by atoms with E-state index in [0.717, 1.165) is 11.1 Å². The van der Waals surface area contributed by atoms with Crippen molar-refractivity contribution in [1.82, 2.24) is 4.90 Å². The van der Waals surface area contributed by atoms with E-state index in [2.05, 4.69) is 6.58 Å². The summed E-state index contributed by atoms with van der Waals surface area (Å²) in [6, 6.07) is 7.53. The summed E-state index contributed by atoms with van der Waals surface area (Å²) in [6.45, 7) is 6.30. The summed E-state index contributed by atoms with van der Waals surface area (Å²) in [5.74, 6) is 0.663. The third kappa shape index (κ3) is 5.29. The Morgan fingerprint density at radius 3 is 2.53 bits per heavy atom. The zero-order valence-corrected chi connectivity index (χ0v) is 11.6. The Balaban J connectivity index is 2.42. The van der Waals surface area contributed by atoms with Gasteiger partial charge in [0.25, 0.3) is 5.24 Å². The zero-order valence-electron chi connectivity index (χ0n) is 10.1. The lowest BCUT2D eigenvalue weighted by molar-refractivity contribution is 0.236. The average molecular weight is 270 g/mol. The monoisotopic (exact) mass is 269 g/mol. The first kappa shape index (κ1) is 14.1. The van der Waals surface area contributed by atoms with Crippen molar-refractivity contribution in [2.45, 2.75) is 12.7 Å². The highest BCUT2D eigenvalue weighted by atomic mass is 35.5. The van der Waals surface area contributed by atoms with Crippen LogP contribution in [-0.2, 0) is 5.75 Å². The maximum Gasteiger partial charge on any atom is 0.281 e. The molecule has 4 heteroatoms. The highest BCUT2D eigenvalue weighted by Crippen LogP contribution is 2.17. The minimum Gasteiger partial charge on any atom is -0.333 e. The largest absolute Gasteiger partial charge is 0.333 e. The van der Waals surface area contributed by atoms with E-state index in [1.54, 1.807) is 11.9 Å². The molecule has 1 amide bonds. The van der Waals surface area contributed by atoms with Gasteiger partial charge in [0.1, 0.15) is 0 Å². The van der Waals surface area contributed by atoms with Crippen LogP contribution in [0.3, 0.4) is 0 Å². The Labute approximate surface area is 112 Å². The molecule has 0 saturated carbocycles. The van der Waals surface area contributed by atoms with E-state index in [1.165, 1.54) is 11.8 Å². The van der Waals surface area contributed by atoms with Crippen LogP contribution >= 0.6 is 23.4 Å². The standard InChI is InChI=1S/C13H16ClNOS/c1-10(2)8-15(3)13(16)17-9-11-4-6-12(14)7-5-11/h4-7H,1,8-9H2,2-3H3. The minimum absolute atomic E-state index is 0.0583. The van der Waals surface area contributed by atoms with Crippen molar-refractivity contribution in [2.24, 2.45) is 0 Å². The van der Waals surface area contributed by atoms with Gasteiger partial charge in [0.15, 0.2) is 0 Å². The minimum atomic E-state index is 0.0583. The molecule has 0 bridgehead atoms. The van der Waals surface area contributed by atoms with Crippen molar-refractivity contribution in [3.63, 3.8) is 0 Å². The lowest BCUT2D eigenvalue weighted by Gasteiger charge is -2.16. The van der Waals surface area contributed by atoms with E-state index in [-0.39, 0.29) is 5.24 Å². The second-order valence-corrected chi connectivity index (χ2v) is 5.36. The Hall–Kier alpha value is -0.930. The van der Waals surface area contributed by atoms with Gasteiger partial charge in [0.05, 0.1) is 0 Å². The van der Waals surface area contributed by atoms with Crippen LogP contribution in [0.25, 0.3) is 0 Å². The molecule has 1 aromatic carbocycles. The lowest BCUT2D eigenvalue weighted by atomic mass is 10.2. The second kappa shape index (κ2) is 6.72. The lowest BCUT2D eigenvalue weighted by Crippen LogP contribution is -2.24. The molecule has 0 radical (unpaired) electrons. The van der Waals surface area contributed by atoms with Gasteiger partial charge in [-0.1, -0.05) is 47.6 Å². The maximum absolute atomic E-state index is 11.7. The van der Waals surface area contributed by atoms with Crippen molar-refractivity contribution in [3.8, 4) is 0 Å². The van der Waals surface area contributed by atoms with Crippen molar-refractivity contribution in [3.05, 3.63) is 47.0 Å². The molecule has 0 N–H and O–H groups in total. The first-order valence-electron chi connectivity index (χ1n) is 5.25. The van der Waals surface area contributed by atoms with E-state index in [0.29, 0.717) is 17.3 Å². The number of carbonyl (C=O) groups excluding carboxylic acids is 1. The van der Waals surface area contributed by atoms with Crippen LogP contribution in [0.2, 0.25) is 5.02 Å². The normalized spacial score (nSPS) is 10.1. The number of carbonyl (C=O) groups is 1. The van der Waals surface area contributed by atoms with Gasteiger partial charge in [-0.15, -0.1) is 0 Å². The molecule has 0 heterocycles. The maximum atomic E-state index is 11.7. The predicted molar refractivity (Wildman–Crippen MR) is 75.6 cm³/mol. The highest BCUT2D eigenvalue weighted by Gasteiger charge is 2.09. The van der Waals surface area contributed by atoms with Crippen LogP contribution in [-0.4, -0.2) is 23.7 Å². The van der Waals surface area contributed by atoms with Gasteiger partial charge in [-0.25, -0.2) is 0 Å². The van der Waals surface area contributed by atoms with Crippen molar-refractivity contribution < 1.29 is 4.79 Å². The smallest absolute Gasteiger partial charge is 0.281 e. The van der Waals surface area contributed by atoms with Gasteiger partial charge in [-0.3, -0.25) is 4.79 Å². The van der Waals surface area contributed by atoms with E-state index in [9.17, 15) is 4.79 Å². The van der Waals surface area contributed by atoms with Gasteiger partial charge in [0, 0.05) is 24.4 Å². The molecule has 0 aromatic heterocycles. The number of likely N-dealkylation sites (N-methyl/N-ethyl adjacent to an activating group) is 1. The van der Waals surface area contributed by atoms with Gasteiger partial charge in [0.2, 0.25) is 0 Å². The van der Waals surface area contributed by atoms with Crippen LogP contribution in [0, 0.1) is 0 Å². The summed E-state index contributed by atoms with van der Waals surface area (Å²) in [4.78, 5) is 13.4. The Kier molecular flexibility index (Phi) is 5.59. The molecule has 0 aliphatic carbocycles. The third-order valence-corrected chi connectivity index (χ3v) is 3.38. The van der Waals surface area contributed by atoms with Crippen molar-refractivity contribution in [1.29, 1.82) is 0 Å². The molecule has 1 rings (SSSR count). The van der Waals surface area contributed by atoms with E-state index in [4.69, 9.17) is 11.6 Å². The average Bonchev–Trinajstić information content (AvgIpc) is 2.27. The molecule has 0 atom stereocenters. The number of benzene rings is 1. The van der Waals surface area contributed by atoms with Gasteiger partial charge in [-0.2, -0.15) is 0 Å². The first-order chi connectivity index (χ1) is 7.99. The second-order valence-electron chi connectivity index (χ2n) is 3.99. The number of amides is 1. The molecule has 2 nitrogen and oxygen atoms in total. The molecule has 0 aliphatic rings. The Bertz CT molecular complexity index is 402. The number of nitrogens with zero attached hydrogens (tertiary/aromatic N) is 1. The molecule has 0 unspecified atom stereocenters. The number of rotatable bonds is 4. The molecular weight excluding hydrogens is 254 g/mol. The van der Waals surface area contributed by atoms with Crippen LogP contribution in [0.5, 0.6) is 0 Å². The highest BCUT2D eigenvalue weighted by molar-refractivity contribution is 8.12. The summed E-state index contributed by atoms with van der Waals surface area (Å²) in [6.07, 6.45) is 0. The Morgan fingerprint density at radius 2 is 2.00 bits per heavy atom. The molecule has 0 aliphatic heterocycles.